The fourth-order valence-corrected chi connectivity index (χ4v) is 2.30. The second-order valence-electron chi connectivity index (χ2n) is 4.41. The highest BCUT2D eigenvalue weighted by Gasteiger charge is 2.21. The van der Waals surface area contributed by atoms with Crippen LogP contribution in [-0.4, -0.2) is 34.5 Å². The van der Waals surface area contributed by atoms with Gasteiger partial charge < -0.3 is 5.73 Å². The highest BCUT2D eigenvalue weighted by molar-refractivity contribution is 5.11. The average Bonchev–Trinajstić information content (AvgIpc) is 2.34. The zero-order valence-electron chi connectivity index (χ0n) is 9.89. The van der Waals surface area contributed by atoms with Crippen molar-refractivity contribution in [2.75, 3.05) is 19.6 Å². The van der Waals surface area contributed by atoms with Crippen LogP contribution < -0.4 is 5.73 Å². The summed E-state index contributed by atoms with van der Waals surface area (Å²) in [6, 6.07) is 0.292. The number of piperidine rings is 1. The van der Waals surface area contributed by atoms with Gasteiger partial charge in [-0.1, -0.05) is 6.42 Å². The van der Waals surface area contributed by atoms with Gasteiger partial charge in [-0.15, -0.1) is 0 Å². The Morgan fingerprint density at radius 2 is 1.88 bits per heavy atom. The molecule has 2 rings (SSSR count). The van der Waals surface area contributed by atoms with Crippen LogP contribution in [0.15, 0.2) is 12.4 Å². The molecule has 1 atom stereocenters. The predicted octanol–water partition coefficient (Wildman–Crippen LogP) is 1.27. The zero-order chi connectivity index (χ0) is 11.4. The molecule has 0 aromatic carbocycles. The summed E-state index contributed by atoms with van der Waals surface area (Å²) in [6.07, 6.45) is 7.73. The Morgan fingerprint density at radius 1 is 1.25 bits per heavy atom. The van der Waals surface area contributed by atoms with Crippen molar-refractivity contribution in [1.29, 1.82) is 0 Å². The molecule has 1 aliphatic heterocycles. The van der Waals surface area contributed by atoms with Gasteiger partial charge in [-0.3, -0.25) is 4.90 Å². The van der Waals surface area contributed by atoms with Crippen LogP contribution in [0.3, 0.4) is 0 Å². The van der Waals surface area contributed by atoms with E-state index in [1.54, 1.807) is 0 Å². The molecule has 0 amide bonds. The van der Waals surface area contributed by atoms with Gasteiger partial charge in [-0.2, -0.15) is 0 Å². The summed E-state index contributed by atoms with van der Waals surface area (Å²) in [7, 11) is 0. The van der Waals surface area contributed by atoms with E-state index in [1.807, 2.05) is 19.3 Å². The molecule has 1 aromatic heterocycles. The molecule has 0 radical (unpaired) electrons. The van der Waals surface area contributed by atoms with Crippen molar-refractivity contribution < 1.29 is 0 Å². The van der Waals surface area contributed by atoms with E-state index >= 15 is 0 Å². The molecule has 1 saturated heterocycles. The van der Waals surface area contributed by atoms with Crippen LogP contribution in [0.25, 0.3) is 0 Å². The maximum absolute atomic E-state index is 5.88. The summed E-state index contributed by atoms with van der Waals surface area (Å²) in [6.45, 7) is 4.85. The molecule has 1 aromatic rings. The minimum absolute atomic E-state index is 0.292. The number of rotatable bonds is 3. The summed E-state index contributed by atoms with van der Waals surface area (Å²) in [4.78, 5) is 11.0. The highest BCUT2D eigenvalue weighted by atomic mass is 15.2. The van der Waals surface area contributed by atoms with Gasteiger partial charge in [-0.05, 0) is 32.9 Å². The van der Waals surface area contributed by atoms with Crippen molar-refractivity contribution in [3.8, 4) is 0 Å². The van der Waals surface area contributed by atoms with Crippen LogP contribution >= 0.6 is 0 Å². The van der Waals surface area contributed by atoms with E-state index < -0.39 is 0 Å². The van der Waals surface area contributed by atoms with Crippen molar-refractivity contribution in [2.24, 2.45) is 5.73 Å². The lowest BCUT2D eigenvalue weighted by Crippen LogP contribution is -2.37. The van der Waals surface area contributed by atoms with Crippen LogP contribution in [0.2, 0.25) is 0 Å². The average molecular weight is 220 g/mol. The SMILES string of the molecule is Cc1ncc(C(CN)N2CCCCC2)cn1. The normalized spacial score (nSPS) is 19.6. The predicted molar refractivity (Wildman–Crippen MR) is 64.0 cm³/mol. The van der Waals surface area contributed by atoms with Gasteiger partial charge in [0.25, 0.3) is 0 Å². The second-order valence-corrected chi connectivity index (χ2v) is 4.41. The van der Waals surface area contributed by atoms with Gasteiger partial charge in [0.2, 0.25) is 0 Å². The summed E-state index contributed by atoms with van der Waals surface area (Å²) in [5.41, 5.74) is 7.02. The molecule has 4 nitrogen and oxygen atoms in total. The molecular formula is C12H20N4. The molecule has 2 heterocycles. The molecule has 0 aliphatic carbocycles. The highest BCUT2D eigenvalue weighted by Crippen LogP contribution is 2.22. The number of likely N-dealkylation sites (tertiary alicyclic amines) is 1. The Kier molecular flexibility index (Phi) is 3.85. The van der Waals surface area contributed by atoms with Gasteiger partial charge in [-0.25, -0.2) is 9.97 Å². The summed E-state index contributed by atoms with van der Waals surface area (Å²) in [5, 5.41) is 0. The monoisotopic (exact) mass is 220 g/mol. The standard InChI is InChI=1S/C12H20N4/c1-10-14-8-11(9-15-10)12(7-13)16-5-3-2-4-6-16/h8-9,12H,2-7,13H2,1H3. The number of aromatic nitrogens is 2. The number of nitrogens with zero attached hydrogens (tertiary/aromatic N) is 3. The van der Waals surface area contributed by atoms with Gasteiger partial charge in [0.05, 0.1) is 6.04 Å². The Bertz CT molecular complexity index is 316. The molecule has 1 aliphatic rings. The van der Waals surface area contributed by atoms with E-state index in [4.69, 9.17) is 5.73 Å². The van der Waals surface area contributed by atoms with E-state index in [2.05, 4.69) is 14.9 Å². The van der Waals surface area contributed by atoms with Crippen LogP contribution in [0.5, 0.6) is 0 Å². The van der Waals surface area contributed by atoms with E-state index in [1.165, 1.54) is 19.3 Å². The number of hydrogen-bond acceptors (Lipinski definition) is 4. The van der Waals surface area contributed by atoms with Crippen molar-refractivity contribution in [3.63, 3.8) is 0 Å². The summed E-state index contributed by atoms with van der Waals surface area (Å²) in [5.74, 6) is 0.818. The van der Waals surface area contributed by atoms with Gasteiger partial charge >= 0.3 is 0 Å². The third-order valence-electron chi connectivity index (χ3n) is 3.24. The Morgan fingerprint density at radius 3 is 2.44 bits per heavy atom. The molecule has 1 unspecified atom stereocenters. The molecule has 0 spiro atoms. The maximum Gasteiger partial charge on any atom is 0.125 e. The molecule has 88 valence electrons. The fourth-order valence-electron chi connectivity index (χ4n) is 2.30. The van der Waals surface area contributed by atoms with Crippen LogP contribution in [0.4, 0.5) is 0 Å². The molecule has 1 fully saturated rings. The minimum Gasteiger partial charge on any atom is -0.329 e. The van der Waals surface area contributed by atoms with E-state index in [0.29, 0.717) is 12.6 Å². The zero-order valence-corrected chi connectivity index (χ0v) is 9.89. The quantitative estimate of drug-likeness (QED) is 0.833. The number of hydrogen-bond donors (Lipinski definition) is 1. The fraction of sp³-hybridized carbons (Fsp3) is 0.667. The largest absolute Gasteiger partial charge is 0.329 e. The van der Waals surface area contributed by atoms with Gasteiger partial charge in [0.15, 0.2) is 0 Å². The molecular weight excluding hydrogens is 200 g/mol. The van der Waals surface area contributed by atoms with Crippen molar-refractivity contribution in [3.05, 3.63) is 23.8 Å². The number of nitrogens with two attached hydrogens (primary N) is 1. The first kappa shape index (κ1) is 11.5. The van der Waals surface area contributed by atoms with Crippen molar-refractivity contribution >= 4 is 0 Å². The Labute approximate surface area is 96.9 Å². The number of aryl methyl sites for hydroxylation is 1. The third kappa shape index (κ3) is 2.57. The molecule has 0 bridgehead atoms. The van der Waals surface area contributed by atoms with Crippen LogP contribution in [0.1, 0.15) is 36.7 Å². The van der Waals surface area contributed by atoms with Crippen molar-refractivity contribution in [1.82, 2.24) is 14.9 Å². The Hall–Kier alpha value is -1.00. The van der Waals surface area contributed by atoms with Crippen LogP contribution in [0, 0.1) is 6.92 Å². The molecule has 2 N–H and O–H groups in total. The summed E-state index contributed by atoms with van der Waals surface area (Å²) >= 11 is 0. The second kappa shape index (κ2) is 5.37. The topological polar surface area (TPSA) is 55.0 Å². The van der Waals surface area contributed by atoms with Gasteiger partial charge in [0, 0.05) is 24.5 Å². The lowest BCUT2D eigenvalue weighted by Gasteiger charge is -2.33. The smallest absolute Gasteiger partial charge is 0.125 e. The maximum atomic E-state index is 5.88. The first-order chi connectivity index (χ1) is 7.81. The molecule has 16 heavy (non-hydrogen) atoms. The Balaban J connectivity index is 2.11. The van der Waals surface area contributed by atoms with Crippen molar-refractivity contribution in [2.45, 2.75) is 32.2 Å². The van der Waals surface area contributed by atoms with E-state index in [9.17, 15) is 0 Å². The molecule has 0 saturated carbocycles. The van der Waals surface area contributed by atoms with E-state index in [-0.39, 0.29) is 0 Å². The third-order valence-corrected chi connectivity index (χ3v) is 3.24. The summed E-state index contributed by atoms with van der Waals surface area (Å²) < 4.78 is 0. The van der Waals surface area contributed by atoms with E-state index in [0.717, 1.165) is 24.5 Å². The van der Waals surface area contributed by atoms with Crippen LogP contribution in [-0.2, 0) is 0 Å². The molecule has 4 heteroatoms. The lowest BCUT2D eigenvalue weighted by molar-refractivity contribution is 0.167. The first-order valence-corrected chi connectivity index (χ1v) is 6.04. The van der Waals surface area contributed by atoms with Gasteiger partial charge in [0.1, 0.15) is 5.82 Å². The minimum atomic E-state index is 0.292. The first-order valence-electron chi connectivity index (χ1n) is 6.04. The lowest BCUT2D eigenvalue weighted by atomic mass is 10.0.